The van der Waals surface area contributed by atoms with Gasteiger partial charge in [-0.3, -0.25) is 9.36 Å². The van der Waals surface area contributed by atoms with Gasteiger partial charge in [-0.15, -0.1) is 0 Å². The Kier molecular flexibility index (Phi) is 6.88. The zero-order valence-corrected chi connectivity index (χ0v) is 22.7. The van der Waals surface area contributed by atoms with Gasteiger partial charge in [0.15, 0.2) is 4.80 Å². The summed E-state index contributed by atoms with van der Waals surface area (Å²) < 4.78 is 9.42. The zero-order valence-electron chi connectivity index (χ0n) is 21.9. The predicted molar refractivity (Wildman–Crippen MR) is 147 cm³/mol. The van der Waals surface area contributed by atoms with E-state index in [4.69, 9.17) is 9.94 Å². The van der Waals surface area contributed by atoms with Crippen LogP contribution in [0.2, 0.25) is 0 Å². The summed E-state index contributed by atoms with van der Waals surface area (Å²) in [7, 11) is 0. The standard InChI is InChI=1S/C29H27N4O5S/c1-5-38-28(35)25-18(3)30-29-32(26(25)20-9-7-6-8-10-20)27(34)24(39-29)16-21-15-17(2)31(19(21)4)22-11-13-23(14-12-22)33(36)37/h6-16,26H,5H2,1-4H3,(H,36,37)/q+1/b24-16-. The highest BCUT2D eigenvalue weighted by Crippen LogP contribution is 2.30. The fourth-order valence-electron chi connectivity index (χ4n) is 4.94. The van der Waals surface area contributed by atoms with Crippen molar-refractivity contribution in [3.8, 4) is 5.69 Å². The first-order chi connectivity index (χ1) is 18.7. The van der Waals surface area contributed by atoms with E-state index in [1.807, 2.05) is 60.9 Å². The summed E-state index contributed by atoms with van der Waals surface area (Å²) in [4.78, 5) is 43.0. The van der Waals surface area contributed by atoms with Crippen LogP contribution in [0.3, 0.4) is 0 Å². The van der Waals surface area contributed by atoms with Gasteiger partial charge >= 0.3 is 11.7 Å². The SMILES string of the molecule is CCOC(=O)C1=C(C)N=c2s/c(=C\c3cc(C)n(-c4ccc([N+](=O)O)cc4)c3C)c(=O)n2C1c1ccccc1. The predicted octanol–water partition coefficient (Wildman–Crippen LogP) is 4.01. The molecule has 0 saturated heterocycles. The number of carbonyl (C=O) groups excluding carboxylic acids is 1. The van der Waals surface area contributed by atoms with Crippen molar-refractivity contribution >= 4 is 29.1 Å². The van der Waals surface area contributed by atoms with Gasteiger partial charge < -0.3 is 9.30 Å². The van der Waals surface area contributed by atoms with Gasteiger partial charge in [0, 0.05) is 29.2 Å². The Morgan fingerprint density at radius 2 is 1.82 bits per heavy atom. The molecule has 3 heterocycles. The van der Waals surface area contributed by atoms with Crippen molar-refractivity contribution in [2.45, 2.75) is 33.7 Å². The summed E-state index contributed by atoms with van der Waals surface area (Å²) in [6, 6.07) is 17.3. The summed E-state index contributed by atoms with van der Waals surface area (Å²) in [5.74, 6) is -0.488. The van der Waals surface area contributed by atoms with Crippen LogP contribution in [0, 0.1) is 18.8 Å². The highest BCUT2D eigenvalue weighted by molar-refractivity contribution is 7.07. The van der Waals surface area contributed by atoms with Crippen LogP contribution >= 0.6 is 11.3 Å². The number of hydrogen-bond acceptors (Lipinski definition) is 6. The molecule has 0 aliphatic carbocycles. The molecule has 1 aliphatic heterocycles. The van der Waals surface area contributed by atoms with Crippen LogP contribution in [-0.2, 0) is 9.53 Å². The Morgan fingerprint density at radius 1 is 1.13 bits per heavy atom. The van der Waals surface area contributed by atoms with E-state index in [-0.39, 0.29) is 22.8 Å². The molecule has 198 valence electrons. The highest BCUT2D eigenvalue weighted by atomic mass is 32.1. The van der Waals surface area contributed by atoms with Crippen LogP contribution < -0.4 is 14.9 Å². The third-order valence-electron chi connectivity index (χ3n) is 6.72. The smallest absolute Gasteiger partial charge is 0.338 e. The number of ether oxygens (including phenoxy) is 1. The molecule has 2 aromatic carbocycles. The Labute approximate surface area is 227 Å². The summed E-state index contributed by atoms with van der Waals surface area (Å²) in [5.41, 5.74) is 5.06. The number of thiazole rings is 1. The van der Waals surface area contributed by atoms with Crippen molar-refractivity contribution in [1.29, 1.82) is 0 Å². The van der Waals surface area contributed by atoms with Crippen LogP contribution in [0.4, 0.5) is 5.69 Å². The van der Waals surface area contributed by atoms with Crippen molar-refractivity contribution in [3.63, 3.8) is 0 Å². The third-order valence-corrected chi connectivity index (χ3v) is 7.70. The first-order valence-electron chi connectivity index (χ1n) is 12.4. The average molecular weight is 544 g/mol. The number of hydrogen-bond donors (Lipinski definition) is 1. The lowest BCUT2D eigenvalue weighted by atomic mass is 9.96. The van der Waals surface area contributed by atoms with E-state index in [2.05, 4.69) is 4.99 Å². The van der Waals surface area contributed by atoms with Crippen molar-refractivity contribution in [1.82, 2.24) is 9.13 Å². The van der Waals surface area contributed by atoms with Gasteiger partial charge in [0.1, 0.15) is 0 Å². The maximum absolute atomic E-state index is 13.9. The van der Waals surface area contributed by atoms with E-state index in [1.165, 1.54) is 23.5 Å². The normalized spacial score (nSPS) is 15.2. The molecule has 1 atom stereocenters. The van der Waals surface area contributed by atoms with E-state index < -0.39 is 12.0 Å². The number of allylic oxidation sites excluding steroid dienone is 1. The van der Waals surface area contributed by atoms with E-state index in [0.717, 1.165) is 28.2 Å². The van der Waals surface area contributed by atoms with Gasteiger partial charge in [0.25, 0.3) is 10.5 Å². The van der Waals surface area contributed by atoms with Crippen LogP contribution in [0.5, 0.6) is 0 Å². The zero-order chi connectivity index (χ0) is 27.8. The summed E-state index contributed by atoms with van der Waals surface area (Å²) in [6.07, 6.45) is 1.84. The molecule has 1 aliphatic rings. The van der Waals surface area contributed by atoms with Gasteiger partial charge in [0.05, 0.1) is 33.4 Å². The van der Waals surface area contributed by atoms with Gasteiger partial charge in [-0.25, -0.2) is 15.0 Å². The van der Waals surface area contributed by atoms with E-state index >= 15 is 0 Å². The summed E-state index contributed by atoms with van der Waals surface area (Å²) in [5, 5.41) is 9.14. The highest BCUT2D eigenvalue weighted by Gasteiger charge is 2.33. The number of esters is 1. The number of aromatic nitrogens is 2. The molecule has 1 unspecified atom stereocenters. The van der Waals surface area contributed by atoms with Crippen molar-refractivity contribution in [3.05, 3.63) is 119 Å². The topological polar surface area (TPSA) is 106 Å². The molecule has 9 nitrogen and oxygen atoms in total. The van der Waals surface area contributed by atoms with Crippen LogP contribution in [0.15, 0.2) is 81.7 Å². The molecule has 39 heavy (non-hydrogen) atoms. The lowest BCUT2D eigenvalue weighted by Crippen LogP contribution is -2.39. The quantitative estimate of drug-likeness (QED) is 0.292. The van der Waals surface area contributed by atoms with Crippen molar-refractivity contribution in [2.75, 3.05) is 6.61 Å². The minimum atomic E-state index is -0.651. The first-order valence-corrected chi connectivity index (χ1v) is 13.2. The van der Waals surface area contributed by atoms with E-state index in [1.54, 1.807) is 30.5 Å². The molecule has 0 bridgehead atoms. The molecule has 0 amide bonds. The monoisotopic (exact) mass is 543 g/mol. The minimum absolute atomic E-state index is 0.132. The molecule has 2 aromatic heterocycles. The molecular weight excluding hydrogens is 516 g/mol. The second-order valence-electron chi connectivity index (χ2n) is 9.16. The average Bonchev–Trinajstić information content (AvgIpc) is 3.37. The molecule has 0 fully saturated rings. The van der Waals surface area contributed by atoms with Crippen LogP contribution in [-0.4, -0.2) is 31.8 Å². The number of fused-ring (bicyclic) bond motifs is 1. The molecule has 5 rings (SSSR count). The number of benzene rings is 2. The molecule has 0 radical (unpaired) electrons. The number of aryl methyl sites for hydroxylation is 1. The Morgan fingerprint density at radius 3 is 2.46 bits per heavy atom. The molecule has 10 heteroatoms. The third kappa shape index (κ3) is 4.63. The molecule has 0 saturated carbocycles. The second kappa shape index (κ2) is 10.3. The Balaban J connectivity index is 1.65. The maximum Gasteiger partial charge on any atom is 0.338 e. The fraction of sp³-hybridized carbons (Fsp3) is 0.207. The van der Waals surface area contributed by atoms with Gasteiger partial charge in [-0.2, -0.15) is 0 Å². The molecular formula is C29H27N4O5S+. The largest absolute Gasteiger partial charge is 0.463 e. The summed E-state index contributed by atoms with van der Waals surface area (Å²) in [6.45, 7) is 7.63. The number of carbonyl (C=O) groups is 1. The van der Waals surface area contributed by atoms with Crippen LogP contribution in [0.25, 0.3) is 11.8 Å². The van der Waals surface area contributed by atoms with E-state index in [0.29, 0.717) is 20.6 Å². The van der Waals surface area contributed by atoms with Crippen molar-refractivity contribution in [2.24, 2.45) is 4.99 Å². The fourth-order valence-corrected chi connectivity index (χ4v) is 5.98. The minimum Gasteiger partial charge on any atom is -0.463 e. The lowest BCUT2D eigenvalue weighted by Gasteiger charge is -2.24. The van der Waals surface area contributed by atoms with Gasteiger partial charge in [-0.05, 0) is 63.1 Å². The number of nitrogens with zero attached hydrogens (tertiary/aromatic N) is 4. The summed E-state index contributed by atoms with van der Waals surface area (Å²) >= 11 is 1.28. The van der Waals surface area contributed by atoms with E-state index in [9.17, 15) is 14.5 Å². The maximum atomic E-state index is 13.9. The van der Waals surface area contributed by atoms with Gasteiger partial charge in [0.2, 0.25) is 0 Å². The second-order valence-corrected chi connectivity index (χ2v) is 10.2. The van der Waals surface area contributed by atoms with Gasteiger partial charge in [-0.1, -0.05) is 41.7 Å². The van der Waals surface area contributed by atoms with Crippen molar-refractivity contribution < 1.29 is 19.7 Å². The number of rotatable bonds is 6. The first kappa shape index (κ1) is 26.1. The van der Waals surface area contributed by atoms with Crippen LogP contribution in [0.1, 0.15) is 42.4 Å². The molecule has 1 N–H and O–H groups in total. The Bertz CT molecular complexity index is 1810. The molecule has 0 spiro atoms. The molecule has 4 aromatic rings. The Hall–Kier alpha value is -4.57. The lowest BCUT2D eigenvalue weighted by molar-refractivity contribution is -0.729.